The Morgan fingerprint density at radius 2 is 2.06 bits per heavy atom. The molecule has 0 amide bonds. The highest BCUT2D eigenvalue weighted by molar-refractivity contribution is 5.39. The van der Waals surface area contributed by atoms with Gasteiger partial charge in [0.05, 0.1) is 0 Å². The van der Waals surface area contributed by atoms with Gasteiger partial charge in [0.25, 0.3) is 0 Å². The lowest BCUT2D eigenvalue weighted by molar-refractivity contribution is 0.293. The van der Waals surface area contributed by atoms with Gasteiger partial charge in [0, 0.05) is 30.1 Å². The average Bonchev–Trinajstić information content (AvgIpc) is 2.37. The van der Waals surface area contributed by atoms with E-state index < -0.39 is 0 Å². The zero-order chi connectivity index (χ0) is 13.0. The molecule has 0 bridgehead atoms. The average molecular weight is 247 g/mol. The van der Waals surface area contributed by atoms with Crippen LogP contribution < -0.4 is 16.2 Å². The van der Waals surface area contributed by atoms with Gasteiger partial charge in [0.15, 0.2) is 0 Å². The Labute approximate surface area is 104 Å². The first-order valence-corrected chi connectivity index (χ1v) is 5.51. The van der Waals surface area contributed by atoms with E-state index in [-0.39, 0.29) is 19.0 Å². The third-order valence-corrected chi connectivity index (χ3v) is 2.48. The molecule has 1 heterocycles. The summed E-state index contributed by atoms with van der Waals surface area (Å²) in [6.07, 6.45) is 1.56. The summed E-state index contributed by atoms with van der Waals surface area (Å²) in [5.74, 6) is 0.0949. The summed E-state index contributed by atoms with van der Waals surface area (Å²) in [5.41, 5.74) is 12.8. The molecule has 4 nitrogen and oxygen atoms in total. The molecule has 94 valence electrons. The summed E-state index contributed by atoms with van der Waals surface area (Å²) in [6.45, 7) is 0.419. The van der Waals surface area contributed by atoms with E-state index in [9.17, 15) is 4.39 Å². The lowest BCUT2D eigenvalue weighted by atomic mass is 10.1. The van der Waals surface area contributed by atoms with Crippen molar-refractivity contribution in [2.24, 2.45) is 5.73 Å². The number of aromatic nitrogens is 1. The molecule has 0 saturated heterocycles. The van der Waals surface area contributed by atoms with Crippen molar-refractivity contribution >= 4 is 5.69 Å². The SMILES string of the molecule is NCc1ccc(COc2cc(N)ccn2)cc1F. The molecular formula is C13H14FN3O. The number of nitrogens with zero attached hydrogens (tertiary/aromatic N) is 1. The fourth-order valence-corrected chi connectivity index (χ4v) is 1.51. The normalized spacial score (nSPS) is 10.3. The Kier molecular flexibility index (Phi) is 3.74. The third-order valence-electron chi connectivity index (χ3n) is 2.48. The molecular weight excluding hydrogens is 233 g/mol. The highest BCUT2D eigenvalue weighted by Crippen LogP contribution is 2.14. The molecule has 0 radical (unpaired) electrons. The van der Waals surface area contributed by atoms with Gasteiger partial charge in [-0.05, 0) is 17.7 Å². The van der Waals surface area contributed by atoms with Gasteiger partial charge < -0.3 is 16.2 Å². The van der Waals surface area contributed by atoms with Crippen molar-refractivity contribution in [2.75, 3.05) is 5.73 Å². The minimum absolute atomic E-state index is 0.184. The van der Waals surface area contributed by atoms with E-state index in [1.54, 1.807) is 30.5 Å². The van der Waals surface area contributed by atoms with Crippen molar-refractivity contribution in [1.82, 2.24) is 4.98 Å². The van der Waals surface area contributed by atoms with Crippen molar-refractivity contribution in [2.45, 2.75) is 13.2 Å². The van der Waals surface area contributed by atoms with Crippen molar-refractivity contribution in [3.05, 3.63) is 53.5 Å². The van der Waals surface area contributed by atoms with E-state index >= 15 is 0 Å². The predicted molar refractivity (Wildman–Crippen MR) is 67.3 cm³/mol. The van der Waals surface area contributed by atoms with Crippen LogP contribution in [-0.4, -0.2) is 4.98 Å². The number of nitrogen functional groups attached to an aromatic ring is 1. The van der Waals surface area contributed by atoms with Crippen LogP contribution in [0.15, 0.2) is 36.5 Å². The maximum Gasteiger partial charge on any atom is 0.215 e. The van der Waals surface area contributed by atoms with Crippen molar-refractivity contribution in [3.8, 4) is 5.88 Å². The second kappa shape index (κ2) is 5.46. The fourth-order valence-electron chi connectivity index (χ4n) is 1.51. The van der Waals surface area contributed by atoms with Crippen LogP contribution in [0.3, 0.4) is 0 Å². The van der Waals surface area contributed by atoms with E-state index in [1.165, 1.54) is 6.07 Å². The standard InChI is InChI=1S/C13H14FN3O/c14-12-5-9(1-2-10(12)7-15)8-18-13-6-11(16)3-4-17-13/h1-6H,7-8,15H2,(H2,16,17). The smallest absolute Gasteiger partial charge is 0.215 e. The molecule has 0 aliphatic carbocycles. The second-order valence-corrected chi connectivity index (χ2v) is 3.85. The zero-order valence-corrected chi connectivity index (χ0v) is 9.77. The molecule has 0 spiro atoms. The van der Waals surface area contributed by atoms with Gasteiger partial charge in [0.2, 0.25) is 5.88 Å². The molecule has 0 atom stereocenters. The summed E-state index contributed by atoms with van der Waals surface area (Å²) >= 11 is 0. The minimum atomic E-state index is -0.320. The Balaban J connectivity index is 2.04. The number of rotatable bonds is 4. The van der Waals surface area contributed by atoms with Gasteiger partial charge in [-0.15, -0.1) is 0 Å². The molecule has 1 aromatic carbocycles. The number of hydrogen-bond donors (Lipinski definition) is 2. The molecule has 0 aliphatic rings. The van der Waals surface area contributed by atoms with Gasteiger partial charge in [-0.3, -0.25) is 0 Å². The molecule has 18 heavy (non-hydrogen) atoms. The van der Waals surface area contributed by atoms with Gasteiger partial charge in [0.1, 0.15) is 12.4 Å². The van der Waals surface area contributed by atoms with E-state index in [0.717, 1.165) is 0 Å². The topological polar surface area (TPSA) is 74.2 Å². The Bertz CT molecular complexity index is 546. The maximum absolute atomic E-state index is 13.5. The summed E-state index contributed by atoms with van der Waals surface area (Å²) in [7, 11) is 0. The zero-order valence-electron chi connectivity index (χ0n) is 9.77. The maximum atomic E-state index is 13.5. The number of halogens is 1. The van der Waals surface area contributed by atoms with Gasteiger partial charge >= 0.3 is 0 Å². The number of pyridine rings is 1. The summed E-state index contributed by atoms with van der Waals surface area (Å²) in [6, 6.07) is 8.13. The first-order valence-electron chi connectivity index (χ1n) is 5.51. The van der Waals surface area contributed by atoms with Crippen LogP contribution in [0.4, 0.5) is 10.1 Å². The quantitative estimate of drug-likeness (QED) is 0.864. The van der Waals surface area contributed by atoms with Crippen LogP contribution in [0.25, 0.3) is 0 Å². The molecule has 0 aliphatic heterocycles. The van der Waals surface area contributed by atoms with Crippen LogP contribution in [0.1, 0.15) is 11.1 Å². The molecule has 0 unspecified atom stereocenters. The van der Waals surface area contributed by atoms with Crippen LogP contribution >= 0.6 is 0 Å². The predicted octanol–water partition coefficient (Wildman–Crippen LogP) is 1.84. The van der Waals surface area contributed by atoms with Gasteiger partial charge in [-0.25, -0.2) is 9.37 Å². The summed E-state index contributed by atoms with van der Waals surface area (Å²) in [4.78, 5) is 3.99. The van der Waals surface area contributed by atoms with E-state index in [1.807, 2.05) is 0 Å². The first-order chi connectivity index (χ1) is 8.69. The Morgan fingerprint density at radius 1 is 1.22 bits per heavy atom. The van der Waals surface area contributed by atoms with Gasteiger partial charge in [-0.1, -0.05) is 12.1 Å². The first kappa shape index (κ1) is 12.3. The van der Waals surface area contributed by atoms with Crippen LogP contribution in [0.5, 0.6) is 5.88 Å². The van der Waals surface area contributed by atoms with E-state index in [4.69, 9.17) is 16.2 Å². The van der Waals surface area contributed by atoms with E-state index in [0.29, 0.717) is 22.7 Å². The van der Waals surface area contributed by atoms with Crippen molar-refractivity contribution in [3.63, 3.8) is 0 Å². The summed E-state index contributed by atoms with van der Waals surface area (Å²) in [5, 5.41) is 0. The van der Waals surface area contributed by atoms with Crippen molar-refractivity contribution < 1.29 is 9.13 Å². The minimum Gasteiger partial charge on any atom is -0.473 e. The number of anilines is 1. The number of hydrogen-bond acceptors (Lipinski definition) is 4. The lowest BCUT2D eigenvalue weighted by Gasteiger charge is -2.07. The number of ether oxygens (including phenoxy) is 1. The van der Waals surface area contributed by atoms with E-state index in [2.05, 4.69) is 4.98 Å². The highest BCUT2D eigenvalue weighted by Gasteiger charge is 2.03. The van der Waals surface area contributed by atoms with Crippen molar-refractivity contribution in [1.29, 1.82) is 0 Å². The van der Waals surface area contributed by atoms with Gasteiger partial charge in [-0.2, -0.15) is 0 Å². The molecule has 0 fully saturated rings. The molecule has 4 N–H and O–H groups in total. The molecule has 5 heteroatoms. The molecule has 0 saturated carbocycles. The molecule has 1 aromatic heterocycles. The Hall–Kier alpha value is -2.14. The second-order valence-electron chi connectivity index (χ2n) is 3.85. The van der Waals surface area contributed by atoms with Crippen LogP contribution in [0, 0.1) is 5.82 Å². The largest absolute Gasteiger partial charge is 0.473 e. The number of benzene rings is 1. The third kappa shape index (κ3) is 2.95. The molecule has 2 rings (SSSR count). The molecule has 2 aromatic rings. The Morgan fingerprint density at radius 3 is 2.72 bits per heavy atom. The fraction of sp³-hybridized carbons (Fsp3) is 0.154. The monoisotopic (exact) mass is 247 g/mol. The van der Waals surface area contributed by atoms with Crippen LogP contribution in [-0.2, 0) is 13.2 Å². The lowest BCUT2D eigenvalue weighted by Crippen LogP contribution is -2.02. The van der Waals surface area contributed by atoms with Crippen LogP contribution in [0.2, 0.25) is 0 Å². The highest BCUT2D eigenvalue weighted by atomic mass is 19.1. The summed E-state index contributed by atoms with van der Waals surface area (Å²) < 4.78 is 18.9. The number of nitrogens with two attached hydrogens (primary N) is 2.